The summed E-state index contributed by atoms with van der Waals surface area (Å²) in [6.45, 7) is 15.2. The Bertz CT molecular complexity index is 1530. The summed E-state index contributed by atoms with van der Waals surface area (Å²) < 4.78 is 13.1. The van der Waals surface area contributed by atoms with Crippen LogP contribution in [0.1, 0.15) is 48.0 Å². The fourth-order valence-electron chi connectivity index (χ4n) is 6.41. The summed E-state index contributed by atoms with van der Waals surface area (Å²) in [6.07, 6.45) is 0.435. The quantitative estimate of drug-likeness (QED) is 0.195. The number of carbonyl (C=O) groups excluding carboxylic acids is 1. The Morgan fingerprint density at radius 2 is 1.41 bits per heavy atom. The second-order valence-electron chi connectivity index (χ2n) is 13.7. The van der Waals surface area contributed by atoms with Crippen molar-refractivity contribution in [3.63, 3.8) is 0 Å². The Morgan fingerprint density at radius 1 is 0.818 bits per heavy atom. The van der Waals surface area contributed by atoms with Crippen molar-refractivity contribution in [2.75, 3.05) is 31.1 Å². The Kier molecular flexibility index (Phi) is 9.45. The number of ether oxygens (including phenoxy) is 1. The lowest BCUT2D eigenvalue weighted by Gasteiger charge is -2.45. The van der Waals surface area contributed by atoms with Crippen LogP contribution in [0, 0.1) is 0 Å². The van der Waals surface area contributed by atoms with Crippen LogP contribution in [-0.4, -0.2) is 57.2 Å². The molecule has 44 heavy (non-hydrogen) atoms. The number of rotatable bonds is 7. The number of piperazine rings is 1. The number of carbonyl (C=O) groups is 1. The van der Waals surface area contributed by atoms with Crippen LogP contribution in [0.15, 0.2) is 97.1 Å². The van der Waals surface area contributed by atoms with Crippen LogP contribution < -0.4 is 15.3 Å². The van der Waals surface area contributed by atoms with Gasteiger partial charge in [0.05, 0.1) is 6.04 Å². The fourth-order valence-corrected chi connectivity index (χ4v) is 11.2. The highest BCUT2D eigenvalue weighted by Gasteiger charge is 2.50. The summed E-state index contributed by atoms with van der Waals surface area (Å²) in [5.41, 5.74) is 0.575. The highest BCUT2D eigenvalue weighted by Crippen LogP contribution is 2.37. The smallest absolute Gasteiger partial charge is 0.410 e. The Morgan fingerprint density at radius 3 is 2.00 bits per heavy atom. The number of hydrogen-bond acceptors (Lipinski definition) is 4. The van der Waals surface area contributed by atoms with Gasteiger partial charge in [-0.25, -0.2) is 4.79 Å². The van der Waals surface area contributed by atoms with Gasteiger partial charge in [-0.1, -0.05) is 105 Å². The van der Waals surface area contributed by atoms with Crippen LogP contribution in [-0.2, 0) is 9.16 Å². The van der Waals surface area contributed by atoms with E-state index in [-0.39, 0.29) is 17.2 Å². The summed E-state index contributed by atoms with van der Waals surface area (Å²) in [5, 5.41) is 5.38. The van der Waals surface area contributed by atoms with Crippen molar-refractivity contribution in [2.45, 2.75) is 64.6 Å². The van der Waals surface area contributed by atoms with Gasteiger partial charge in [0.1, 0.15) is 5.60 Å². The van der Waals surface area contributed by atoms with E-state index in [4.69, 9.17) is 20.8 Å². The third kappa shape index (κ3) is 6.98. The number of benzene rings is 4. The molecule has 0 bridgehead atoms. The lowest BCUT2D eigenvalue weighted by molar-refractivity contribution is 0.0118. The number of amides is 1. The van der Waals surface area contributed by atoms with E-state index in [1.165, 1.54) is 10.4 Å². The molecule has 0 N–H and O–H groups in total. The molecule has 0 saturated carbocycles. The molecule has 1 aliphatic heterocycles. The molecule has 5 nitrogen and oxygen atoms in total. The maximum atomic E-state index is 13.5. The highest BCUT2D eigenvalue weighted by atomic mass is 35.5. The van der Waals surface area contributed by atoms with E-state index in [0.29, 0.717) is 26.1 Å². The van der Waals surface area contributed by atoms with Gasteiger partial charge in [0.2, 0.25) is 0 Å². The molecule has 0 aromatic heterocycles. The summed E-state index contributed by atoms with van der Waals surface area (Å²) in [7, 11) is -2.70. The van der Waals surface area contributed by atoms with E-state index in [1.54, 1.807) is 0 Å². The lowest BCUT2D eigenvalue weighted by Crippen LogP contribution is -2.67. The molecule has 0 radical (unpaired) electrons. The minimum atomic E-state index is -2.70. The molecule has 1 amide bonds. The molecule has 1 saturated heterocycles. The molecule has 1 heterocycles. The largest absolute Gasteiger partial charge is 0.444 e. The molecule has 232 valence electrons. The predicted molar refractivity (Wildman–Crippen MR) is 186 cm³/mol. The van der Waals surface area contributed by atoms with Gasteiger partial charge in [-0.05, 0) is 77.6 Å². The standard InChI is InChI=1S/C37H45ClN2O3Si/c1-36(2,3)43-35(41)40-23-22-39(31-20-18-28-25-30(38)19-17-29(28)26-31)27-32(40)21-24-42-44(37(4,5)6,33-13-9-7-10-14-33)34-15-11-8-12-16-34/h7-20,25-26,32H,21-24,27H2,1-6H3. The maximum absolute atomic E-state index is 13.5. The number of nitrogens with zero attached hydrogens (tertiary/aromatic N) is 2. The lowest BCUT2D eigenvalue weighted by atomic mass is 10.1. The zero-order valence-corrected chi connectivity index (χ0v) is 28.6. The second kappa shape index (κ2) is 13.0. The van der Waals surface area contributed by atoms with Crippen LogP contribution in [0.25, 0.3) is 10.8 Å². The van der Waals surface area contributed by atoms with Gasteiger partial charge in [-0.15, -0.1) is 0 Å². The van der Waals surface area contributed by atoms with E-state index < -0.39 is 13.9 Å². The minimum absolute atomic E-state index is 0.0715. The first-order valence-corrected chi connectivity index (χ1v) is 17.8. The Balaban J connectivity index is 1.43. The van der Waals surface area contributed by atoms with Crippen LogP contribution in [0.5, 0.6) is 0 Å². The molecule has 4 aromatic rings. The molecule has 1 fully saturated rings. The first kappa shape index (κ1) is 32.1. The monoisotopic (exact) mass is 628 g/mol. The maximum Gasteiger partial charge on any atom is 0.410 e. The molecule has 1 unspecified atom stereocenters. The normalized spacial score (nSPS) is 16.3. The molecular weight excluding hydrogens is 584 g/mol. The number of hydrogen-bond donors (Lipinski definition) is 0. The summed E-state index contributed by atoms with van der Waals surface area (Å²) >= 11 is 6.24. The third-order valence-corrected chi connectivity index (χ3v) is 13.7. The van der Waals surface area contributed by atoms with E-state index in [1.807, 2.05) is 37.8 Å². The number of fused-ring (bicyclic) bond motifs is 1. The summed E-state index contributed by atoms with van der Waals surface area (Å²) in [4.78, 5) is 17.8. The highest BCUT2D eigenvalue weighted by molar-refractivity contribution is 6.99. The zero-order chi connectivity index (χ0) is 31.5. The van der Waals surface area contributed by atoms with Gasteiger partial charge in [-0.2, -0.15) is 0 Å². The van der Waals surface area contributed by atoms with Crippen molar-refractivity contribution >= 4 is 52.8 Å². The van der Waals surface area contributed by atoms with Gasteiger partial charge in [0.15, 0.2) is 0 Å². The SMILES string of the molecule is CC(C)(C)OC(=O)N1CCN(c2ccc3cc(Cl)ccc3c2)CC1CCO[Si](c1ccccc1)(c1ccccc1)C(C)(C)C. The van der Waals surface area contributed by atoms with Crippen LogP contribution in [0.4, 0.5) is 10.5 Å². The topological polar surface area (TPSA) is 42.0 Å². The molecule has 0 spiro atoms. The number of halogens is 1. The van der Waals surface area contributed by atoms with Gasteiger partial charge in [0, 0.05) is 37.0 Å². The van der Waals surface area contributed by atoms with E-state index in [9.17, 15) is 4.79 Å². The van der Waals surface area contributed by atoms with Gasteiger partial charge in [0.25, 0.3) is 8.32 Å². The average molecular weight is 629 g/mol. The minimum Gasteiger partial charge on any atom is -0.444 e. The van der Waals surface area contributed by atoms with Crippen molar-refractivity contribution in [2.24, 2.45) is 0 Å². The van der Waals surface area contributed by atoms with Crippen LogP contribution in [0.3, 0.4) is 0 Å². The van der Waals surface area contributed by atoms with Gasteiger partial charge in [-0.3, -0.25) is 0 Å². The second-order valence-corrected chi connectivity index (χ2v) is 18.5. The third-order valence-electron chi connectivity index (χ3n) is 8.45. The predicted octanol–water partition coefficient (Wildman–Crippen LogP) is 7.89. The van der Waals surface area contributed by atoms with Crippen LogP contribution >= 0.6 is 11.6 Å². The van der Waals surface area contributed by atoms with E-state index >= 15 is 0 Å². The van der Waals surface area contributed by atoms with E-state index in [2.05, 4.69) is 111 Å². The first-order chi connectivity index (χ1) is 20.9. The fraction of sp³-hybridized carbons (Fsp3) is 0.378. The Labute approximate surface area is 268 Å². The van der Waals surface area contributed by atoms with Crippen molar-refractivity contribution in [1.82, 2.24) is 4.90 Å². The van der Waals surface area contributed by atoms with Crippen molar-refractivity contribution in [3.8, 4) is 0 Å². The Hall–Kier alpha value is -3.32. The summed E-state index contributed by atoms with van der Waals surface area (Å²) in [5.74, 6) is 0. The molecule has 4 aromatic carbocycles. The molecular formula is C37H45ClN2O3Si. The van der Waals surface area contributed by atoms with Crippen LogP contribution in [0.2, 0.25) is 10.1 Å². The summed E-state index contributed by atoms with van der Waals surface area (Å²) in [6, 6.07) is 33.8. The molecule has 5 rings (SSSR count). The van der Waals surface area contributed by atoms with Gasteiger partial charge >= 0.3 is 6.09 Å². The van der Waals surface area contributed by atoms with Gasteiger partial charge < -0.3 is 19.0 Å². The molecule has 7 heteroatoms. The molecule has 0 aliphatic carbocycles. The average Bonchev–Trinajstić information content (AvgIpc) is 2.98. The number of anilines is 1. The van der Waals surface area contributed by atoms with Crippen molar-refractivity contribution < 1.29 is 14.0 Å². The van der Waals surface area contributed by atoms with Crippen molar-refractivity contribution in [1.29, 1.82) is 0 Å². The van der Waals surface area contributed by atoms with Crippen molar-refractivity contribution in [3.05, 3.63) is 102 Å². The molecule has 1 aliphatic rings. The van der Waals surface area contributed by atoms with E-state index in [0.717, 1.165) is 28.0 Å². The zero-order valence-electron chi connectivity index (χ0n) is 26.8. The molecule has 1 atom stereocenters. The first-order valence-electron chi connectivity index (χ1n) is 15.6.